The third-order valence-electron chi connectivity index (χ3n) is 3.27. The van der Waals surface area contributed by atoms with Crippen molar-refractivity contribution in [2.75, 3.05) is 12.4 Å². The molecule has 0 atom stereocenters. The first-order valence-corrected chi connectivity index (χ1v) is 7.03. The zero-order chi connectivity index (χ0) is 16.1. The van der Waals surface area contributed by atoms with E-state index in [0.29, 0.717) is 11.3 Å². The fourth-order valence-corrected chi connectivity index (χ4v) is 2.25. The molecule has 114 valence electrons. The number of carbonyl (C=O) groups is 2. The smallest absolute Gasteiger partial charge is 0.309 e. The second-order valence-electron chi connectivity index (χ2n) is 5.28. The molecule has 0 saturated carbocycles. The monoisotopic (exact) mass is 297 g/mol. The second-order valence-corrected chi connectivity index (χ2v) is 5.28. The van der Waals surface area contributed by atoms with E-state index in [0.717, 1.165) is 16.7 Å². The molecule has 22 heavy (non-hydrogen) atoms. The molecule has 0 aliphatic rings. The largest absolute Gasteiger partial charge is 0.469 e. The number of amides is 1. The number of anilines is 1. The number of hydrogen-bond acceptors (Lipinski definition) is 3. The average Bonchev–Trinajstić information content (AvgIpc) is 2.48. The fourth-order valence-electron chi connectivity index (χ4n) is 2.25. The predicted molar refractivity (Wildman–Crippen MR) is 86.0 cm³/mol. The number of hydrogen-bond donors (Lipinski definition) is 1. The van der Waals surface area contributed by atoms with E-state index >= 15 is 0 Å². The van der Waals surface area contributed by atoms with Gasteiger partial charge in [-0.15, -0.1) is 0 Å². The molecule has 1 N–H and O–H groups in total. The minimum Gasteiger partial charge on any atom is -0.469 e. The van der Waals surface area contributed by atoms with Crippen LogP contribution in [0.3, 0.4) is 0 Å². The van der Waals surface area contributed by atoms with Crippen LogP contribution >= 0.6 is 0 Å². The lowest BCUT2D eigenvalue weighted by Crippen LogP contribution is -2.12. The molecule has 0 aliphatic heterocycles. The molecule has 0 heterocycles. The van der Waals surface area contributed by atoms with Gasteiger partial charge in [0.25, 0.3) is 5.91 Å². The number of aryl methyl sites for hydroxylation is 2. The highest BCUT2D eigenvalue weighted by Crippen LogP contribution is 2.14. The highest BCUT2D eigenvalue weighted by Gasteiger charge is 2.08. The third-order valence-corrected chi connectivity index (χ3v) is 3.27. The normalized spacial score (nSPS) is 10.1. The van der Waals surface area contributed by atoms with Crippen LogP contribution < -0.4 is 5.32 Å². The molecule has 0 aromatic heterocycles. The first-order valence-electron chi connectivity index (χ1n) is 7.03. The van der Waals surface area contributed by atoms with Crippen molar-refractivity contribution in [2.45, 2.75) is 20.3 Å². The van der Waals surface area contributed by atoms with Crippen molar-refractivity contribution < 1.29 is 14.3 Å². The lowest BCUT2D eigenvalue weighted by Gasteiger charge is -2.08. The standard InChI is InChI=1S/C18H19NO3/c1-12-8-13(2)10-15(9-12)18(21)19-16-6-4-14(5-7-16)11-17(20)22-3/h4-10H,11H2,1-3H3,(H,19,21). The van der Waals surface area contributed by atoms with Crippen LogP contribution in [-0.4, -0.2) is 19.0 Å². The molecular weight excluding hydrogens is 278 g/mol. The van der Waals surface area contributed by atoms with Gasteiger partial charge in [-0.1, -0.05) is 29.3 Å². The third kappa shape index (κ3) is 4.19. The minimum absolute atomic E-state index is 0.146. The van der Waals surface area contributed by atoms with Crippen molar-refractivity contribution in [1.29, 1.82) is 0 Å². The Bertz CT molecular complexity index is 670. The molecular formula is C18H19NO3. The van der Waals surface area contributed by atoms with Gasteiger partial charge < -0.3 is 10.1 Å². The van der Waals surface area contributed by atoms with E-state index in [2.05, 4.69) is 10.1 Å². The zero-order valence-electron chi connectivity index (χ0n) is 13.0. The summed E-state index contributed by atoms with van der Waals surface area (Å²) in [6.07, 6.45) is 0.224. The summed E-state index contributed by atoms with van der Waals surface area (Å²) in [6.45, 7) is 3.93. The van der Waals surface area contributed by atoms with Crippen molar-refractivity contribution in [1.82, 2.24) is 0 Å². The van der Waals surface area contributed by atoms with Crippen LogP contribution in [0, 0.1) is 13.8 Å². The van der Waals surface area contributed by atoms with Gasteiger partial charge in [-0.25, -0.2) is 0 Å². The Labute approximate surface area is 130 Å². The topological polar surface area (TPSA) is 55.4 Å². The molecule has 0 radical (unpaired) electrons. The van der Waals surface area contributed by atoms with E-state index in [1.165, 1.54) is 7.11 Å². The van der Waals surface area contributed by atoms with Crippen LogP contribution in [-0.2, 0) is 16.0 Å². The van der Waals surface area contributed by atoms with Gasteiger partial charge in [-0.3, -0.25) is 9.59 Å². The molecule has 4 nitrogen and oxygen atoms in total. The molecule has 0 spiro atoms. The van der Waals surface area contributed by atoms with Gasteiger partial charge in [-0.05, 0) is 43.7 Å². The number of methoxy groups -OCH3 is 1. The lowest BCUT2D eigenvalue weighted by molar-refractivity contribution is -0.139. The molecule has 0 bridgehead atoms. The number of nitrogens with one attached hydrogen (secondary N) is 1. The quantitative estimate of drug-likeness (QED) is 0.881. The first kappa shape index (κ1) is 15.8. The van der Waals surface area contributed by atoms with Gasteiger partial charge in [0.2, 0.25) is 0 Å². The Morgan fingerprint density at radius 3 is 2.14 bits per heavy atom. The SMILES string of the molecule is COC(=O)Cc1ccc(NC(=O)c2cc(C)cc(C)c2)cc1. The first-order chi connectivity index (χ1) is 10.5. The van der Waals surface area contributed by atoms with Crippen molar-refractivity contribution in [3.63, 3.8) is 0 Å². The highest BCUT2D eigenvalue weighted by molar-refractivity contribution is 6.04. The van der Waals surface area contributed by atoms with Gasteiger partial charge in [0.1, 0.15) is 0 Å². The number of carbonyl (C=O) groups excluding carboxylic acids is 2. The maximum Gasteiger partial charge on any atom is 0.309 e. The van der Waals surface area contributed by atoms with Crippen molar-refractivity contribution in [3.8, 4) is 0 Å². The van der Waals surface area contributed by atoms with E-state index in [4.69, 9.17) is 0 Å². The highest BCUT2D eigenvalue weighted by atomic mass is 16.5. The van der Waals surface area contributed by atoms with E-state index in [1.54, 1.807) is 24.3 Å². The van der Waals surface area contributed by atoms with Crippen LogP contribution in [0.1, 0.15) is 27.0 Å². The van der Waals surface area contributed by atoms with Crippen molar-refractivity contribution >= 4 is 17.6 Å². The van der Waals surface area contributed by atoms with Gasteiger partial charge in [0.05, 0.1) is 13.5 Å². The minimum atomic E-state index is -0.285. The number of ether oxygens (including phenoxy) is 1. The van der Waals surface area contributed by atoms with Crippen molar-refractivity contribution in [2.24, 2.45) is 0 Å². The summed E-state index contributed by atoms with van der Waals surface area (Å²) in [5.41, 5.74) is 4.28. The fraction of sp³-hybridized carbons (Fsp3) is 0.222. The van der Waals surface area contributed by atoms with E-state index in [1.807, 2.05) is 32.0 Å². The summed E-state index contributed by atoms with van der Waals surface area (Å²) < 4.78 is 4.62. The molecule has 0 aliphatic carbocycles. The number of esters is 1. The summed E-state index contributed by atoms with van der Waals surface area (Å²) in [7, 11) is 1.36. The molecule has 2 aromatic carbocycles. The summed E-state index contributed by atoms with van der Waals surface area (Å²) in [4.78, 5) is 23.4. The Balaban J connectivity index is 2.07. The molecule has 0 unspecified atom stereocenters. The number of benzene rings is 2. The van der Waals surface area contributed by atoms with Gasteiger partial charge in [0, 0.05) is 11.3 Å². The summed E-state index contributed by atoms with van der Waals surface area (Å²) >= 11 is 0. The zero-order valence-corrected chi connectivity index (χ0v) is 13.0. The molecule has 4 heteroatoms. The van der Waals surface area contributed by atoms with E-state index < -0.39 is 0 Å². The lowest BCUT2D eigenvalue weighted by atomic mass is 10.1. The molecule has 2 rings (SSSR count). The average molecular weight is 297 g/mol. The Kier molecular flexibility index (Phi) is 4.94. The summed E-state index contributed by atoms with van der Waals surface area (Å²) in [5.74, 6) is -0.431. The Morgan fingerprint density at radius 2 is 1.59 bits per heavy atom. The maximum absolute atomic E-state index is 12.2. The van der Waals surface area contributed by atoms with Crippen molar-refractivity contribution in [3.05, 3.63) is 64.7 Å². The van der Waals surface area contributed by atoms with Gasteiger partial charge in [-0.2, -0.15) is 0 Å². The Morgan fingerprint density at radius 1 is 1.00 bits per heavy atom. The van der Waals surface area contributed by atoms with Crippen LogP contribution in [0.5, 0.6) is 0 Å². The predicted octanol–water partition coefficient (Wildman–Crippen LogP) is 3.27. The van der Waals surface area contributed by atoms with Crippen LogP contribution in [0.2, 0.25) is 0 Å². The van der Waals surface area contributed by atoms with Crippen LogP contribution in [0.15, 0.2) is 42.5 Å². The molecule has 1 amide bonds. The van der Waals surface area contributed by atoms with E-state index in [-0.39, 0.29) is 18.3 Å². The summed E-state index contributed by atoms with van der Waals surface area (Å²) in [5, 5.41) is 2.85. The van der Waals surface area contributed by atoms with Gasteiger partial charge in [0.15, 0.2) is 0 Å². The second kappa shape index (κ2) is 6.89. The van der Waals surface area contributed by atoms with Crippen LogP contribution in [0.25, 0.3) is 0 Å². The Hall–Kier alpha value is -2.62. The van der Waals surface area contributed by atoms with E-state index in [9.17, 15) is 9.59 Å². The molecule has 0 saturated heterocycles. The number of rotatable bonds is 4. The molecule has 0 fully saturated rings. The van der Waals surface area contributed by atoms with Crippen LogP contribution in [0.4, 0.5) is 5.69 Å². The summed E-state index contributed by atoms with van der Waals surface area (Å²) in [6, 6.07) is 12.9. The molecule has 2 aromatic rings. The maximum atomic E-state index is 12.2. The van der Waals surface area contributed by atoms with Gasteiger partial charge >= 0.3 is 5.97 Å².